The van der Waals surface area contributed by atoms with Gasteiger partial charge in [-0.25, -0.2) is 0 Å². The summed E-state index contributed by atoms with van der Waals surface area (Å²) in [5.74, 6) is 0. The summed E-state index contributed by atoms with van der Waals surface area (Å²) >= 11 is 0. The van der Waals surface area contributed by atoms with E-state index in [4.69, 9.17) is 4.74 Å². The zero-order valence-electron chi connectivity index (χ0n) is 8.44. The molecule has 1 aliphatic heterocycles. The molecule has 3 nitrogen and oxygen atoms in total. The van der Waals surface area contributed by atoms with Gasteiger partial charge in [0.2, 0.25) is 0 Å². The number of pyridine rings is 1. The summed E-state index contributed by atoms with van der Waals surface area (Å²) in [6, 6.07) is 4.57. The first-order valence-corrected chi connectivity index (χ1v) is 5.10. The third-order valence-electron chi connectivity index (χ3n) is 2.69. The molecule has 0 amide bonds. The molecule has 1 aromatic rings. The topological polar surface area (TPSA) is 34.1 Å². The van der Waals surface area contributed by atoms with Crippen LogP contribution in [0.1, 0.15) is 18.9 Å². The quantitative estimate of drug-likeness (QED) is 0.785. The van der Waals surface area contributed by atoms with Crippen molar-refractivity contribution in [2.45, 2.75) is 32.0 Å². The van der Waals surface area contributed by atoms with E-state index < -0.39 is 0 Å². The number of aromatic nitrogens is 1. The van der Waals surface area contributed by atoms with Crippen LogP contribution in [0.25, 0.3) is 0 Å². The predicted molar refractivity (Wildman–Crippen MR) is 54.9 cm³/mol. The van der Waals surface area contributed by atoms with E-state index in [0.29, 0.717) is 12.1 Å². The van der Waals surface area contributed by atoms with Gasteiger partial charge < -0.3 is 10.1 Å². The Morgan fingerprint density at radius 3 is 2.93 bits per heavy atom. The fourth-order valence-electron chi connectivity index (χ4n) is 1.75. The molecule has 1 aliphatic rings. The second kappa shape index (κ2) is 4.53. The van der Waals surface area contributed by atoms with E-state index in [1.165, 1.54) is 5.56 Å². The first kappa shape index (κ1) is 9.62. The number of hydrogen-bond donors (Lipinski definition) is 1. The highest BCUT2D eigenvalue weighted by Gasteiger charge is 2.22. The fourth-order valence-corrected chi connectivity index (χ4v) is 1.75. The van der Waals surface area contributed by atoms with Crippen molar-refractivity contribution in [1.29, 1.82) is 0 Å². The third kappa shape index (κ3) is 2.30. The summed E-state index contributed by atoms with van der Waals surface area (Å²) in [5.41, 5.74) is 1.28. The minimum absolute atomic E-state index is 0.344. The highest BCUT2D eigenvalue weighted by Crippen LogP contribution is 2.13. The molecule has 1 fully saturated rings. The van der Waals surface area contributed by atoms with Gasteiger partial charge in [-0.3, -0.25) is 4.98 Å². The fraction of sp³-hybridized carbons (Fsp3) is 0.545. The van der Waals surface area contributed by atoms with Crippen LogP contribution in [-0.2, 0) is 11.3 Å². The molecule has 1 aromatic heterocycles. The van der Waals surface area contributed by atoms with Crippen LogP contribution in [0.15, 0.2) is 24.5 Å². The lowest BCUT2D eigenvalue weighted by molar-refractivity contribution is 0.113. The SMILES string of the molecule is CC1OCCC1NCc1ccncc1. The van der Waals surface area contributed by atoms with Crippen molar-refractivity contribution < 1.29 is 4.74 Å². The van der Waals surface area contributed by atoms with Gasteiger partial charge in [-0.05, 0) is 31.0 Å². The van der Waals surface area contributed by atoms with Crippen LogP contribution in [0.5, 0.6) is 0 Å². The molecule has 2 atom stereocenters. The smallest absolute Gasteiger partial charge is 0.0700 e. The van der Waals surface area contributed by atoms with Crippen molar-refractivity contribution in [3.8, 4) is 0 Å². The summed E-state index contributed by atoms with van der Waals surface area (Å²) in [6.07, 6.45) is 5.11. The zero-order chi connectivity index (χ0) is 9.80. The van der Waals surface area contributed by atoms with E-state index in [1.807, 2.05) is 24.5 Å². The molecule has 2 rings (SSSR count). The maximum absolute atomic E-state index is 5.48. The molecule has 0 spiro atoms. The van der Waals surface area contributed by atoms with Crippen molar-refractivity contribution in [3.05, 3.63) is 30.1 Å². The molecule has 3 heteroatoms. The molecule has 0 saturated carbocycles. The van der Waals surface area contributed by atoms with Gasteiger partial charge in [0, 0.05) is 31.6 Å². The average molecular weight is 192 g/mol. The minimum Gasteiger partial charge on any atom is -0.377 e. The lowest BCUT2D eigenvalue weighted by atomic mass is 10.1. The van der Waals surface area contributed by atoms with E-state index in [9.17, 15) is 0 Å². The Morgan fingerprint density at radius 2 is 2.29 bits per heavy atom. The lowest BCUT2D eigenvalue weighted by Crippen LogP contribution is -2.34. The Bertz CT molecular complexity index is 276. The Morgan fingerprint density at radius 1 is 1.50 bits per heavy atom. The summed E-state index contributed by atoms with van der Waals surface area (Å²) in [6.45, 7) is 3.91. The first-order valence-electron chi connectivity index (χ1n) is 5.10. The van der Waals surface area contributed by atoms with Crippen LogP contribution in [0, 0.1) is 0 Å². The molecule has 0 aromatic carbocycles. The van der Waals surface area contributed by atoms with E-state index in [2.05, 4.69) is 17.2 Å². The number of hydrogen-bond acceptors (Lipinski definition) is 3. The number of rotatable bonds is 3. The molecule has 14 heavy (non-hydrogen) atoms. The van der Waals surface area contributed by atoms with Crippen molar-refractivity contribution >= 4 is 0 Å². The average Bonchev–Trinajstić information content (AvgIpc) is 2.63. The maximum Gasteiger partial charge on any atom is 0.0700 e. The number of ether oxygens (including phenoxy) is 1. The van der Waals surface area contributed by atoms with Crippen LogP contribution in [0.3, 0.4) is 0 Å². The Balaban J connectivity index is 1.82. The number of nitrogens with one attached hydrogen (secondary N) is 1. The van der Waals surface area contributed by atoms with Crippen molar-refractivity contribution in [2.75, 3.05) is 6.61 Å². The highest BCUT2D eigenvalue weighted by atomic mass is 16.5. The second-order valence-corrected chi connectivity index (χ2v) is 3.71. The molecule has 2 unspecified atom stereocenters. The number of nitrogens with zero attached hydrogens (tertiary/aromatic N) is 1. The van der Waals surface area contributed by atoms with Crippen molar-refractivity contribution in [3.63, 3.8) is 0 Å². The summed E-state index contributed by atoms with van der Waals surface area (Å²) in [5, 5.41) is 3.49. The first-order chi connectivity index (χ1) is 6.86. The second-order valence-electron chi connectivity index (χ2n) is 3.71. The molecule has 2 heterocycles. The largest absolute Gasteiger partial charge is 0.377 e. The van der Waals surface area contributed by atoms with E-state index >= 15 is 0 Å². The van der Waals surface area contributed by atoms with E-state index in [1.54, 1.807) is 0 Å². The van der Waals surface area contributed by atoms with Gasteiger partial charge in [-0.1, -0.05) is 0 Å². The van der Waals surface area contributed by atoms with Gasteiger partial charge in [0.1, 0.15) is 0 Å². The standard InChI is InChI=1S/C11H16N2O/c1-9-11(4-7-14-9)13-8-10-2-5-12-6-3-10/h2-3,5-6,9,11,13H,4,7-8H2,1H3. The molecule has 0 bridgehead atoms. The molecule has 76 valence electrons. The molecule has 1 N–H and O–H groups in total. The Kier molecular flexibility index (Phi) is 3.11. The minimum atomic E-state index is 0.344. The van der Waals surface area contributed by atoms with Crippen LogP contribution < -0.4 is 5.32 Å². The normalized spacial score (nSPS) is 26.6. The van der Waals surface area contributed by atoms with Crippen LogP contribution in [0.2, 0.25) is 0 Å². The van der Waals surface area contributed by atoms with Crippen molar-refractivity contribution in [1.82, 2.24) is 10.3 Å². The van der Waals surface area contributed by atoms with Gasteiger partial charge in [-0.2, -0.15) is 0 Å². The zero-order valence-corrected chi connectivity index (χ0v) is 8.44. The lowest BCUT2D eigenvalue weighted by Gasteiger charge is -2.15. The monoisotopic (exact) mass is 192 g/mol. The van der Waals surface area contributed by atoms with E-state index in [-0.39, 0.29) is 0 Å². The summed E-state index contributed by atoms with van der Waals surface area (Å²) in [7, 11) is 0. The molecular formula is C11H16N2O. The maximum atomic E-state index is 5.48. The Hall–Kier alpha value is -0.930. The molecule has 0 aliphatic carbocycles. The van der Waals surface area contributed by atoms with Crippen molar-refractivity contribution in [2.24, 2.45) is 0 Å². The summed E-state index contributed by atoms with van der Waals surface area (Å²) in [4.78, 5) is 3.99. The van der Waals surface area contributed by atoms with Gasteiger partial charge >= 0.3 is 0 Å². The Labute approximate surface area is 84.5 Å². The van der Waals surface area contributed by atoms with E-state index in [0.717, 1.165) is 19.6 Å². The predicted octanol–water partition coefficient (Wildman–Crippen LogP) is 1.35. The van der Waals surface area contributed by atoms with Gasteiger partial charge in [0.25, 0.3) is 0 Å². The highest BCUT2D eigenvalue weighted by molar-refractivity contribution is 5.09. The van der Waals surface area contributed by atoms with Gasteiger partial charge in [0.15, 0.2) is 0 Å². The van der Waals surface area contributed by atoms with Gasteiger partial charge in [0.05, 0.1) is 6.10 Å². The van der Waals surface area contributed by atoms with Crippen LogP contribution in [0.4, 0.5) is 0 Å². The van der Waals surface area contributed by atoms with Crippen LogP contribution >= 0.6 is 0 Å². The van der Waals surface area contributed by atoms with Gasteiger partial charge in [-0.15, -0.1) is 0 Å². The molecular weight excluding hydrogens is 176 g/mol. The third-order valence-corrected chi connectivity index (χ3v) is 2.69. The molecule has 1 saturated heterocycles. The molecule has 0 radical (unpaired) electrons. The summed E-state index contributed by atoms with van der Waals surface area (Å²) < 4.78 is 5.48. The van der Waals surface area contributed by atoms with Crippen LogP contribution in [-0.4, -0.2) is 23.7 Å².